The van der Waals surface area contributed by atoms with E-state index in [1.807, 2.05) is 72.8 Å². The summed E-state index contributed by atoms with van der Waals surface area (Å²) in [6, 6.07) is 58.0. The summed E-state index contributed by atoms with van der Waals surface area (Å²) in [7, 11) is 0. The van der Waals surface area contributed by atoms with Crippen molar-refractivity contribution >= 4 is 43.6 Å². The molecular formula is C46H28N4O. The number of furan rings is 1. The van der Waals surface area contributed by atoms with Crippen LogP contribution in [0.15, 0.2) is 174 Å². The molecule has 0 aliphatic carbocycles. The predicted molar refractivity (Wildman–Crippen MR) is 207 cm³/mol. The van der Waals surface area contributed by atoms with Crippen LogP contribution in [0.3, 0.4) is 0 Å². The molecule has 238 valence electrons. The SMILES string of the molecule is c1ccc(-c2nc(-c3ccccc3)nc(-c3ccc(-c4nc5ccccc5c5c(-c6ccccc6)c6c(cc45)oc4ccccc46)cc3)n2)cc1. The van der Waals surface area contributed by atoms with E-state index < -0.39 is 0 Å². The Kier molecular flexibility index (Phi) is 6.74. The Labute approximate surface area is 293 Å². The lowest BCUT2D eigenvalue weighted by molar-refractivity contribution is 0.669. The maximum atomic E-state index is 6.55. The van der Waals surface area contributed by atoms with Gasteiger partial charge in [-0.1, -0.05) is 152 Å². The lowest BCUT2D eigenvalue weighted by Gasteiger charge is -2.16. The van der Waals surface area contributed by atoms with Crippen LogP contribution in [0.5, 0.6) is 0 Å². The van der Waals surface area contributed by atoms with Crippen LogP contribution in [0.25, 0.3) is 100 Å². The van der Waals surface area contributed by atoms with E-state index in [0.29, 0.717) is 17.5 Å². The molecule has 0 saturated carbocycles. The van der Waals surface area contributed by atoms with Gasteiger partial charge in [0.1, 0.15) is 11.2 Å². The van der Waals surface area contributed by atoms with E-state index in [4.69, 9.17) is 24.4 Å². The molecule has 0 atom stereocenters. The first-order valence-electron chi connectivity index (χ1n) is 17.0. The van der Waals surface area contributed by atoms with E-state index in [1.54, 1.807) is 0 Å². The van der Waals surface area contributed by atoms with E-state index in [2.05, 4.69) is 97.1 Å². The van der Waals surface area contributed by atoms with Crippen molar-refractivity contribution in [1.82, 2.24) is 19.9 Å². The Morgan fingerprint density at radius 1 is 0.333 bits per heavy atom. The number of benzene rings is 7. The van der Waals surface area contributed by atoms with Gasteiger partial charge >= 0.3 is 0 Å². The number of nitrogens with zero attached hydrogens (tertiary/aromatic N) is 4. The van der Waals surface area contributed by atoms with E-state index in [0.717, 1.165) is 82.7 Å². The zero-order chi connectivity index (χ0) is 33.7. The zero-order valence-corrected chi connectivity index (χ0v) is 27.4. The molecule has 5 nitrogen and oxygen atoms in total. The van der Waals surface area contributed by atoms with Crippen LogP contribution in [0.4, 0.5) is 0 Å². The molecule has 0 aliphatic heterocycles. The van der Waals surface area contributed by atoms with Crippen LogP contribution < -0.4 is 0 Å². The maximum Gasteiger partial charge on any atom is 0.164 e. The van der Waals surface area contributed by atoms with E-state index >= 15 is 0 Å². The van der Waals surface area contributed by atoms with Gasteiger partial charge in [0.05, 0.1) is 11.2 Å². The Bertz CT molecular complexity index is 2830. The topological polar surface area (TPSA) is 64.7 Å². The summed E-state index contributed by atoms with van der Waals surface area (Å²) in [5.74, 6) is 1.88. The number of rotatable bonds is 5. The molecule has 0 unspecified atom stereocenters. The number of hydrogen-bond donors (Lipinski definition) is 0. The third kappa shape index (κ3) is 4.94. The summed E-state index contributed by atoms with van der Waals surface area (Å²) in [6.07, 6.45) is 0. The molecule has 0 fully saturated rings. The first-order valence-corrected chi connectivity index (χ1v) is 17.0. The molecule has 5 heteroatoms. The van der Waals surface area contributed by atoms with Crippen LogP contribution in [0.2, 0.25) is 0 Å². The van der Waals surface area contributed by atoms with Crippen LogP contribution in [0.1, 0.15) is 0 Å². The van der Waals surface area contributed by atoms with Gasteiger partial charge in [0.2, 0.25) is 0 Å². The number of para-hydroxylation sites is 2. The minimum Gasteiger partial charge on any atom is -0.456 e. The molecule has 0 N–H and O–H groups in total. The zero-order valence-electron chi connectivity index (χ0n) is 27.4. The van der Waals surface area contributed by atoms with Gasteiger partial charge in [-0.15, -0.1) is 0 Å². The van der Waals surface area contributed by atoms with Gasteiger partial charge < -0.3 is 4.42 Å². The maximum absolute atomic E-state index is 6.55. The van der Waals surface area contributed by atoms with Crippen molar-refractivity contribution in [2.75, 3.05) is 0 Å². The van der Waals surface area contributed by atoms with Crippen LogP contribution in [-0.2, 0) is 0 Å². The molecule has 3 heterocycles. The second kappa shape index (κ2) is 11.9. The molecule has 7 aromatic carbocycles. The minimum atomic E-state index is 0.612. The van der Waals surface area contributed by atoms with Crippen molar-refractivity contribution in [1.29, 1.82) is 0 Å². The largest absolute Gasteiger partial charge is 0.456 e. The van der Waals surface area contributed by atoms with E-state index in [9.17, 15) is 0 Å². The molecule has 10 aromatic rings. The number of fused-ring (bicyclic) bond motifs is 6. The number of pyridine rings is 1. The minimum absolute atomic E-state index is 0.612. The fourth-order valence-corrected chi connectivity index (χ4v) is 7.14. The van der Waals surface area contributed by atoms with Crippen LogP contribution in [0, 0.1) is 0 Å². The molecule has 3 aromatic heterocycles. The Morgan fingerprint density at radius 2 is 0.824 bits per heavy atom. The molecule has 0 radical (unpaired) electrons. The fraction of sp³-hybridized carbons (Fsp3) is 0. The Balaban J connectivity index is 1.20. The standard InChI is InChI=1S/C46H28N4O/c1-4-14-29(15-5-1)40-41-34-20-10-12-22-37(34)47-43(36(41)28-39-42(40)35-21-11-13-23-38(35)51-39)30-24-26-33(27-25-30)46-49-44(31-16-6-2-7-17-31)48-45(50-46)32-18-8-3-9-19-32/h1-28H. The molecule has 51 heavy (non-hydrogen) atoms. The van der Waals surface area contributed by atoms with Crippen molar-refractivity contribution in [3.05, 3.63) is 170 Å². The average Bonchev–Trinajstić information content (AvgIpc) is 3.59. The lowest BCUT2D eigenvalue weighted by atomic mass is 9.89. The van der Waals surface area contributed by atoms with Gasteiger partial charge in [0, 0.05) is 54.7 Å². The van der Waals surface area contributed by atoms with E-state index in [1.165, 1.54) is 0 Å². The van der Waals surface area contributed by atoms with Crippen LogP contribution >= 0.6 is 0 Å². The van der Waals surface area contributed by atoms with Gasteiger partial charge in [0.25, 0.3) is 0 Å². The highest BCUT2D eigenvalue weighted by atomic mass is 16.3. The fourth-order valence-electron chi connectivity index (χ4n) is 7.14. The molecule has 0 aliphatic rings. The summed E-state index contributed by atoms with van der Waals surface area (Å²) >= 11 is 0. The van der Waals surface area contributed by atoms with Crippen molar-refractivity contribution in [3.8, 4) is 56.5 Å². The summed E-state index contributed by atoms with van der Waals surface area (Å²) < 4.78 is 6.55. The first-order chi connectivity index (χ1) is 25.3. The highest BCUT2D eigenvalue weighted by Gasteiger charge is 2.21. The highest BCUT2D eigenvalue weighted by molar-refractivity contribution is 6.27. The van der Waals surface area contributed by atoms with Crippen molar-refractivity contribution in [2.24, 2.45) is 0 Å². The summed E-state index contributed by atoms with van der Waals surface area (Å²) in [5.41, 5.74) is 9.57. The molecule has 0 saturated heterocycles. The van der Waals surface area contributed by atoms with Gasteiger partial charge in [-0.05, 0) is 23.8 Å². The van der Waals surface area contributed by atoms with Crippen molar-refractivity contribution in [2.45, 2.75) is 0 Å². The van der Waals surface area contributed by atoms with Crippen molar-refractivity contribution < 1.29 is 4.42 Å². The van der Waals surface area contributed by atoms with E-state index in [-0.39, 0.29) is 0 Å². The molecular weight excluding hydrogens is 625 g/mol. The summed E-state index contributed by atoms with van der Waals surface area (Å²) in [5, 5.41) is 5.50. The normalized spacial score (nSPS) is 11.5. The predicted octanol–water partition coefficient (Wildman–Crippen LogP) is 11.8. The summed E-state index contributed by atoms with van der Waals surface area (Å²) in [4.78, 5) is 20.0. The quantitative estimate of drug-likeness (QED) is 0.173. The Morgan fingerprint density at radius 3 is 1.45 bits per heavy atom. The summed E-state index contributed by atoms with van der Waals surface area (Å²) in [6.45, 7) is 0. The van der Waals surface area contributed by atoms with Crippen LogP contribution in [-0.4, -0.2) is 19.9 Å². The second-order valence-corrected chi connectivity index (χ2v) is 12.6. The van der Waals surface area contributed by atoms with Gasteiger partial charge in [0.15, 0.2) is 17.5 Å². The second-order valence-electron chi connectivity index (χ2n) is 12.6. The molecule has 0 bridgehead atoms. The van der Waals surface area contributed by atoms with Gasteiger partial charge in [-0.2, -0.15) is 0 Å². The first kappa shape index (κ1) is 29.0. The molecule has 0 spiro atoms. The Hall–Kier alpha value is -6.98. The molecule has 10 rings (SSSR count). The number of aromatic nitrogens is 4. The van der Waals surface area contributed by atoms with Gasteiger partial charge in [-0.3, -0.25) is 0 Å². The molecule has 0 amide bonds. The highest BCUT2D eigenvalue weighted by Crippen LogP contribution is 2.46. The third-order valence-electron chi connectivity index (χ3n) is 9.51. The van der Waals surface area contributed by atoms with Crippen molar-refractivity contribution in [3.63, 3.8) is 0 Å². The number of hydrogen-bond acceptors (Lipinski definition) is 5. The smallest absolute Gasteiger partial charge is 0.164 e. The lowest BCUT2D eigenvalue weighted by Crippen LogP contribution is -2.00. The average molecular weight is 653 g/mol. The monoisotopic (exact) mass is 652 g/mol. The third-order valence-corrected chi connectivity index (χ3v) is 9.51. The van der Waals surface area contributed by atoms with Gasteiger partial charge in [-0.25, -0.2) is 19.9 Å².